The molecule has 3 heterocycles. The van der Waals surface area contributed by atoms with E-state index in [1.807, 2.05) is 40.8 Å². The van der Waals surface area contributed by atoms with Crippen molar-refractivity contribution in [2.75, 3.05) is 26.2 Å². The van der Waals surface area contributed by atoms with Crippen LogP contribution in [-0.2, 0) is 6.54 Å². The van der Waals surface area contributed by atoms with E-state index in [4.69, 9.17) is 4.42 Å². The molecule has 0 N–H and O–H groups in total. The van der Waals surface area contributed by atoms with Crippen LogP contribution in [0.15, 0.2) is 53.3 Å². The third kappa shape index (κ3) is 3.66. The molecule has 6 nitrogen and oxygen atoms in total. The molecule has 0 spiro atoms. The summed E-state index contributed by atoms with van der Waals surface area (Å²) in [6, 6.07) is 12.0. The summed E-state index contributed by atoms with van der Waals surface area (Å²) in [4.78, 5) is 17.2. The summed E-state index contributed by atoms with van der Waals surface area (Å²) >= 11 is 0. The van der Waals surface area contributed by atoms with Crippen LogP contribution in [-0.4, -0.2) is 51.7 Å². The van der Waals surface area contributed by atoms with Crippen LogP contribution in [0.4, 0.5) is 0 Å². The van der Waals surface area contributed by atoms with Crippen LogP contribution in [0.25, 0.3) is 5.69 Å². The van der Waals surface area contributed by atoms with Gasteiger partial charge in [-0.2, -0.15) is 5.10 Å². The van der Waals surface area contributed by atoms with E-state index in [0.717, 1.165) is 36.8 Å². The Morgan fingerprint density at radius 3 is 2.63 bits per heavy atom. The van der Waals surface area contributed by atoms with Gasteiger partial charge in [-0.15, -0.1) is 0 Å². The third-order valence-electron chi connectivity index (χ3n) is 5.11. The van der Waals surface area contributed by atoms with E-state index in [1.54, 1.807) is 12.5 Å². The summed E-state index contributed by atoms with van der Waals surface area (Å²) in [5.74, 6) is 1.02. The lowest BCUT2D eigenvalue weighted by Gasteiger charge is -2.34. The highest BCUT2D eigenvalue weighted by Gasteiger charge is 2.25. The van der Waals surface area contributed by atoms with Gasteiger partial charge >= 0.3 is 0 Å². The van der Waals surface area contributed by atoms with Crippen molar-refractivity contribution in [3.63, 3.8) is 0 Å². The minimum absolute atomic E-state index is 0.0593. The van der Waals surface area contributed by atoms with Crippen LogP contribution in [0.2, 0.25) is 0 Å². The van der Waals surface area contributed by atoms with Crippen molar-refractivity contribution in [3.05, 3.63) is 71.4 Å². The number of hydrogen-bond acceptors (Lipinski definition) is 4. The van der Waals surface area contributed by atoms with Gasteiger partial charge in [-0.1, -0.05) is 12.1 Å². The molecule has 1 aliphatic rings. The molecule has 1 aliphatic heterocycles. The number of hydrogen-bond donors (Lipinski definition) is 0. The predicted octanol–water partition coefficient (Wildman–Crippen LogP) is 3.04. The quantitative estimate of drug-likeness (QED) is 0.714. The predicted molar refractivity (Wildman–Crippen MR) is 103 cm³/mol. The van der Waals surface area contributed by atoms with Gasteiger partial charge in [-0.3, -0.25) is 9.69 Å². The lowest BCUT2D eigenvalue weighted by molar-refractivity contribution is 0.0619. The number of carbonyl (C=O) groups excluding carboxylic acids is 1. The molecule has 4 rings (SSSR count). The highest BCUT2D eigenvalue weighted by atomic mass is 16.3. The van der Waals surface area contributed by atoms with Crippen molar-refractivity contribution >= 4 is 5.91 Å². The number of aromatic nitrogens is 2. The molecular weight excluding hydrogens is 340 g/mol. The largest absolute Gasteiger partial charge is 0.468 e. The summed E-state index contributed by atoms with van der Waals surface area (Å²) in [6.07, 6.45) is 3.39. The highest BCUT2D eigenvalue weighted by Crippen LogP contribution is 2.18. The van der Waals surface area contributed by atoms with Crippen LogP contribution in [0.5, 0.6) is 0 Å². The zero-order valence-electron chi connectivity index (χ0n) is 15.8. The number of amides is 1. The Hall–Kier alpha value is -2.86. The summed E-state index contributed by atoms with van der Waals surface area (Å²) in [6.45, 7) is 7.92. The zero-order chi connectivity index (χ0) is 18.8. The van der Waals surface area contributed by atoms with E-state index < -0.39 is 0 Å². The van der Waals surface area contributed by atoms with Crippen molar-refractivity contribution in [2.45, 2.75) is 20.4 Å². The molecule has 1 saturated heterocycles. The summed E-state index contributed by atoms with van der Waals surface area (Å²) in [5.41, 5.74) is 3.71. The molecule has 0 unspecified atom stereocenters. The van der Waals surface area contributed by atoms with E-state index in [1.165, 1.54) is 5.56 Å². The fourth-order valence-electron chi connectivity index (χ4n) is 3.54. The highest BCUT2D eigenvalue weighted by molar-refractivity contribution is 5.95. The second-order valence-electron chi connectivity index (χ2n) is 7.04. The normalized spacial score (nSPS) is 15.3. The molecule has 27 heavy (non-hydrogen) atoms. The molecular formula is C21H24N4O2. The topological polar surface area (TPSA) is 54.5 Å². The van der Waals surface area contributed by atoms with Crippen molar-refractivity contribution < 1.29 is 9.21 Å². The minimum atomic E-state index is 0.0593. The van der Waals surface area contributed by atoms with E-state index in [-0.39, 0.29) is 5.91 Å². The maximum atomic E-state index is 13.0. The van der Waals surface area contributed by atoms with Crippen LogP contribution in [0.3, 0.4) is 0 Å². The molecule has 1 amide bonds. The van der Waals surface area contributed by atoms with Gasteiger partial charge in [0.1, 0.15) is 5.76 Å². The smallest absolute Gasteiger partial charge is 0.257 e. The van der Waals surface area contributed by atoms with Crippen molar-refractivity contribution in [1.82, 2.24) is 19.6 Å². The van der Waals surface area contributed by atoms with Gasteiger partial charge in [0, 0.05) is 26.2 Å². The molecule has 140 valence electrons. The Bertz CT molecular complexity index is 922. The number of nitrogens with zero attached hydrogens (tertiary/aromatic N) is 4. The number of furan rings is 1. The summed E-state index contributed by atoms with van der Waals surface area (Å²) < 4.78 is 7.26. The molecule has 2 aromatic heterocycles. The van der Waals surface area contributed by atoms with Crippen LogP contribution in [0, 0.1) is 13.8 Å². The Labute approximate surface area is 159 Å². The summed E-state index contributed by atoms with van der Waals surface area (Å²) in [7, 11) is 0. The lowest BCUT2D eigenvalue weighted by Crippen LogP contribution is -2.48. The van der Waals surface area contributed by atoms with Gasteiger partial charge in [0.25, 0.3) is 5.91 Å². The maximum absolute atomic E-state index is 13.0. The first kappa shape index (κ1) is 17.5. The van der Waals surface area contributed by atoms with E-state index in [0.29, 0.717) is 18.7 Å². The van der Waals surface area contributed by atoms with E-state index in [9.17, 15) is 4.79 Å². The number of carbonyl (C=O) groups is 1. The monoisotopic (exact) mass is 364 g/mol. The molecule has 3 aromatic rings. The van der Waals surface area contributed by atoms with Crippen LogP contribution >= 0.6 is 0 Å². The second-order valence-corrected chi connectivity index (χ2v) is 7.04. The van der Waals surface area contributed by atoms with Crippen molar-refractivity contribution in [1.29, 1.82) is 0 Å². The van der Waals surface area contributed by atoms with Gasteiger partial charge in [-0.05, 0) is 43.7 Å². The van der Waals surface area contributed by atoms with Crippen molar-refractivity contribution in [3.8, 4) is 5.69 Å². The minimum Gasteiger partial charge on any atom is -0.468 e. The molecule has 0 radical (unpaired) electrons. The fraction of sp³-hybridized carbons (Fsp3) is 0.333. The number of piperazine rings is 1. The number of rotatable bonds is 4. The molecule has 0 aliphatic carbocycles. The average Bonchev–Trinajstić information content (AvgIpc) is 3.31. The molecule has 0 bridgehead atoms. The Balaban J connectivity index is 1.43. The zero-order valence-corrected chi connectivity index (χ0v) is 15.8. The van der Waals surface area contributed by atoms with Crippen LogP contribution < -0.4 is 0 Å². The fourth-order valence-corrected chi connectivity index (χ4v) is 3.54. The Kier molecular flexibility index (Phi) is 4.81. The van der Waals surface area contributed by atoms with Crippen LogP contribution in [0.1, 0.15) is 27.4 Å². The first-order chi connectivity index (χ1) is 13.1. The number of aryl methyl sites for hydroxylation is 1. The molecule has 6 heteroatoms. The Morgan fingerprint density at radius 2 is 1.93 bits per heavy atom. The Morgan fingerprint density at radius 1 is 1.11 bits per heavy atom. The standard InChI is InChI=1S/C21H24N4O2/c1-16-5-3-6-18(13-16)25-17(2)20(14-22-25)21(26)24-10-8-23(9-11-24)15-19-7-4-12-27-19/h3-7,12-14H,8-11,15H2,1-2H3. The van der Waals surface area contributed by atoms with Gasteiger partial charge in [-0.25, -0.2) is 4.68 Å². The van der Waals surface area contributed by atoms with Crippen molar-refractivity contribution in [2.24, 2.45) is 0 Å². The van der Waals surface area contributed by atoms with E-state index in [2.05, 4.69) is 29.1 Å². The van der Waals surface area contributed by atoms with Gasteiger partial charge in [0.2, 0.25) is 0 Å². The summed E-state index contributed by atoms with van der Waals surface area (Å²) in [5, 5.41) is 4.45. The number of benzene rings is 1. The first-order valence-electron chi connectivity index (χ1n) is 9.27. The van der Waals surface area contributed by atoms with Gasteiger partial charge < -0.3 is 9.32 Å². The molecule has 0 saturated carbocycles. The second kappa shape index (κ2) is 7.40. The molecule has 1 fully saturated rings. The van der Waals surface area contributed by atoms with Gasteiger partial charge in [0.15, 0.2) is 0 Å². The van der Waals surface area contributed by atoms with Gasteiger partial charge in [0.05, 0.1) is 35.9 Å². The third-order valence-corrected chi connectivity index (χ3v) is 5.11. The lowest BCUT2D eigenvalue weighted by atomic mass is 10.2. The SMILES string of the molecule is Cc1cccc(-n2ncc(C(=O)N3CCN(Cc4ccco4)CC3)c2C)c1. The average molecular weight is 364 g/mol. The maximum Gasteiger partial charge on any atom is 0.257 e. The molecule has 1 aromatic carbocycles. The molecule has 0 atom stereocenters. The van der Waals surface area contributed by atoms with E-state index >= 15 is 0 Å². The first-order valence-corrected chi connectivity index (χ1v) is 9.27.